The molecule has 4 nitrogen and oxygen atoms in total. The number of amides is 2. The first-order valence-electron chi connectivity index (χ1n) is 11.9. The standard InChI is InChI=1S/C27H29NO3/c1-2-6-21-17-9-10-18(13-17)22(21)24(29)27-20-12-11-19(14-20)23(27)25(30)28(26(27)31)15-16-7-4-3-5-8-16/h3-5,7-12,17-23H,2,6,13-15H2,1H3/t17-,18+,19+,20-,21?,22?,23?,27?/m1/s1. The molecule has 2 amide bonds. The van der Waals surface area contributed by atoms with Gasteiger partial charge in [-0.15, -0.1) is 0 Å². The maximum Gasteiger partial charge on any atom is 0.244 e. The van der Waals surface area contributed by atoms with Crippen molar-refractivity contribution in [2.24, 2.45) is 46.8 Å². The molecule has 1 aromatic rings. The third-order valence-corrected chi connectivity index (χ3v) is 8.89. The summed E-state index contributed by atoms with van der Waals surface area (Å²) < 4.78 is 0. The van der Waals surface area contributed by atoms with E-state index in [1.807, 2.05) is 30.3 Å². The fourth-order valence-electron chi connectivity index (χ4n) is 7.71. The quantitative estimate of drug-likeness (QED) is 0.398. The molecular formula is C27H29NO3. The van der Waals surface area contributed by atoms with Gasteiger partial charge in [0.15, 0.2) is 5.78 Å². The van der Waals surface area contributed by atoms with E-state index in [9.17, 15) is 14.4 Å². The van der Waals surface area contributed by atoms with E-state index in [0.29, 0.717) is 11.8 Å². The van der Waals surface area contributed by atoms with Gasteiger partial charge in [0.2, 0.25) is 11.8 Å². The minimum Gasteiger partial charge on any atom is -0.298 e. The molecule has 6 rings (SSSR count). The summed E-state index contributed by atoms with van der Waals surface area (Å²) in [4.78, 5) is 43.4. The summed E-state index contributed by atoms with van der Waals surface area (Å²) in [5.74, 6) is 0.00166. The Kier molecular flexibility index (Phi) is 4.19. The van der Waals surface area contributed by atoms with Gasteiger partial charge in [0.05, 0.1) is 12.5 Å². The summed E-state index contributed by atoms with van der Waals surface area (Å²) in [6.07, 6.45) is 12.5. The van der Waals surface area contributed by atoms with E-state index < -0.39 is 11.3 Å². The second-order valence-electron chi connectivity index (χ2n) is 10.2. The Morgan fingerprint density at radius 1 is 1.00 bits per heavy atom. The molecule has 5 aliphatic rings. The number of benzene rings is 1. The Hall–Kier alpha value is -2.49. The first kappa shape index (κ1) is 19.2. The van der Waals surface area contributed by atoms with Gasteiger partial charge in [-0.3, -0.25) is 19.3 Å². The van der Waals surface area contributed by atoms with Crippen molar-refractivity contribution in [3.63, 3.8) is 0 Å². The van der Waals surface area contributed by atoms with Crippen LogP contribution in [0.4, 0.5) is 0 Å². The first-order chi connectivity index (χ1) is 15.1. The van der Waals surface area contributed by atoms with Crippen LogP contribution in [-0.2, 0) is 20.9 Å². The lowest BCUT2D eigenvalue weighted by Gasteiger charge is -2.38. The van der Waals surface area contributed by atoms with Crippen molar-refractivity contribution in [2.75, 3.05) is 0 Å². The van der Waals surface area contributed by atoms with Gasteiger partial charge in [0.25, 0.3) is 0 Å². The highest BCUT2D eigenvalue weighted by Crippen LogP contribution is 2.64. The van der Waals surface area contributed by atoms with Crippen LogP contribution >= 0.6 is 0 Å². The maximum absolute atomic E-state index is 14.4. The van der Waals surface area contributed by atoms with Crippen LogP contribution < -0.4 is 0 Å². The second-order valence-corrected chi connectivity index (χ2v) is 10.2. The summed E-state index contributed by atoms with van der Waals surface area (Å²) in [6.45, 7) is 2.43. The average Bonchev–Trinajstić information content (AvgIpc) is 3.58. The number of likely N-dealkylation sites (tertiary alicyclic amines) is 1. The maximum atomic E-state index is 14.4. The number of allylic oxidation sites excluding steroid dienone is 4. The molecule has 0 radical (unpaired) electrons. The van der Waals surface area contributed by atoms with E-state index in [2.05, 4.69) is 31.2 Å². The van der Waals surface area contributed by atoms with E-state index >= 15 is 0 Å². The van der Waals surface area contributed by atoms with E-state index in [1.165, 1.54) is 4.90 Å². The molecule has 0 spiro atoms. The molecule has 8 atom stereocenters. The van der Waals surface area contributed by atoms with Gasteiger partial charge in [0, 0.05) is 5.92 Å². The molecule has 1 saturated heterocycles. The lowest BCUT2D eigenvalue weighted by molar-refractivity contribution is -0.151. The first-order valence-corrected chi connectivity index (χ1v) is 11.9. The molecule has 1 heterocycles. The number of fused-ring (bicyclic) bond motifs is 7. The molecular weight excluding hydrogens is 386 g/mol. The van der Waals surface area contributed by atoms with Gasteiger partial charge in [-0.05, 0) is 54.4 Å². The zero-order chi connectivity index (χ0) is 21.3. The SMILES string of the molecule is CCCC1C(C(=O)C23C(=O)N(Cc4ccccc4)C(=O)C2[C@H]2C=C[C@@H]3C2)[C@H]2C=C[C@@H]1C2. The largest absolute Gasteiger partial charge is 0.298 e. The molecule has 31 heavy (non-hydrogen) atoms. The molecule has 4 bridgehead atoms. The van der Waals surface area contributed by atoms with E-state index in [-0.39, 0.29) is 47.8 Å². The Labute approximate surface area is 183 Å². The highest BCUT2D eigenvalue weighted by Gasteiger charge is 2.74. The Balaban J connectivity index is 1.41. The molecule has 4 unspecified atom stereocenters. The minimum atomic E-state index is -1.17. The van der Waals surface area contributed by atoms with Crippen molar-refractivity contribution in [3.8, 4) is 0 Å². The predicted molar refractivity (Wildman–Crippen MR) is 116 cm³/mol. The number of ketones is 1. The van der Waals surface area contributed by atoms with Crippen molar-refractivity contribution >= 4 is 17.6 Å². The van der Waals surface area contributed by atoms with Crippen LogP contribution in [0, 0.1) is 46.8 Å². The van der Waals surface area contributed by atoms with Gasteiger partial charge in [-0.1, -0.05) is 68.0 Å². The molecule has 0 N–H and O–H groups in total. The van der Waals surface area contributed by atoms with Gasteiger partial charge in [0.1, 0.15) is 5.41 Å². The Morgan fingerprint density at radius 2 is 1.74 bits per heavy atom. The number of imide groups is 1. The molecule has 4 aliphatic carbocycles. The lowest BCUT2D eigenvalue weighted by atomic mass is 9.61. The van der Waals surface area contributed by atoms with Crippen molar-refractivity contribution in [1.82, 2.24) is 4.90 Å². The number of rotatable bonds is 6. The topological polar surface area (TPSA) is 54.5 Å². The molecule has 3 fully saturated rings. The highest BCUT2D eigenvalue weighted by molar-refractivity contribution is 6.21. The summed E-state index contributed by atoms with van der Waals surface area (Å²) in [7, 11) is 0. The van der Waals surface area contributed by atoms with Gasteiger partial charge in [-0.2, -0.15) is 0 Å². The Bertz CT molecular complexity index is 1010. The van der Waals surface area contributed by atoms with Crippen LogP contribution in [0.2, 0.25) is 0 Å². The van der Waals surface area contributed by atoms with Crippen LogP contribution in [0.15, 0.2) is 54.6 Å². The molecule has 0 aromatic heterocycles. The van der Waals surface area contributed by atoms with Gasteiger partial charge >= 0.3 is 0 Å². The fraction of sp³-hybridized carbons (Fsp3) is 0.519. The van der Waals surface area contributed by atoms with E-state index in [0.717, 1.165) is 31.2 Å². The molecule has 160 valence electrons. The zero-order valence-corrected chi connectivity index (χ0v) is 17.9. The van der Waals surface area contributed by atoms with Crippen molar-refractivity contribution in [3.05, 3.63) is 60.2 Å². The molecule has 1 aromatic carbocycles. The summed E-state index contributed by atoms with van der Waals surface area (Å²) >= 11 is 0. The van der Waals surface area contributed by atoms with Crippen molar-refractivity contribution < 1.29 is 14.4 Å². The van der Waals surface area contributed by atoms with Crippen molar-refractivity contribution in [1.29, 1.82) is 0 Å². The third-order valence-electron chi connectivity index (χ3n) is 8.89. The highest BCUT2D eigenvalue weighted by atomic mass is 16.2. The monoisotopic (exact) mass is 415 g/mol. The molecule has 4 heteroatoms. The van der Waals surface area contributed by atoms with Gasteiger partial charge < -0.3 is 0 Å². The number of carbonyl (C=O) groups is 3. The van der Waals surface area contributed by atoms with Crippen molar-refractivity contribution in [2.45, 2.75) is 39.2 Å². The number of hydrogen-bond acceptors (Lipinski definition) is 3. The predicted octanol–water partition coefficient (Wildman–Crippen LogP) is 4.17. The molecule has 2 saturated carbocycles. The average molecular weight is 416 g/mol. The lowest BCUT2D eigenvalue weighted by Crippen LogP contribution is -2.51. The minimum absolute atomic E-state index is 0.0185. The number of Topliss-reactive ketones (excluding diaryl/α,β-unsaturated/α-hetero) is 1. The third kappa shape index (κ3) is 2.39. The fourth-order valence-corrected chi connectivity index (χ4v) is 7.71. The molecule has 1 aliphatic heterocycles. The van der Waals surface area contributed by atoms with E-state index in [4.69, 9.17) is 0 Å². The summed E-state index contributed by atoms with van der Waals surface area (Å²) in [5.41, 5.74) is -0.237. The summed E-state index contributed by atoms with van der Waals surface area (Å²) in [6, 6.07) is 9.65. The van der Waals surface area contributed by atoms with Gasteiger partial charge in [-0.25, -0.2) is 0 Å². The number of carbonyl (C=O) groups excluding carboxylic acids is 3. The number of nitrogens with zero attached hydrogens (tertiary/aromatic N) is 1. The second kappa shape index (κ2) is 6.75. The zero-order valence-electron chi connectivity index (χ0n) is 17.9. The normalized spacial score (nSPS) is 41.6. The van der Waals surface area contributed by atoms with Crippen LogP contribution in [-0.4, -0.2) is 22.5 Å². The number of hydrogen-bond donors (Lipinski definition) is 0. The van der Waals surface area contributed by atoms with Crippen LogP contribution in [0.25, 0.3) is 0 Å². The summed E-state index contributed by atoms with van der Waals surface area (Å²) in [5, 5.41) is 0. The van der Waals surface area contributed by atoms with Crippen LogP contribution in [0.3, 0.4) is 0 Å². The Morgan fingerprint density at radius 3 is 2.52 bits per heavy atom. The van der Waals surface area contributed by atoms with Crippen LogP contribution in [0.1, 0.15) is 38.2 Å². The van der Waals surface area contributed by atoms with Crippen LogP contribution in [0.5, 0.6) is 0 Å². The van der Waals surface area contributed by atoms with E-state index in [1.54, 1.807) is 0 Å². The smallest absolute Gasteiger partial charge is 0.244 e.